The van der Waals surface area contributed by atoms with Gasteiger partial charge in [-0.2, -0.15) is 22.7 Å². The zero-order valence-electron chi connectivity index (χ0n) is 12.1. The number of anilines is 2. The predicted octanol–water partition coefficient (Wildman–Crippen LogP) is -0.961. The van der Waals surface area contributed by atoms with E-state index in [2.05, 4.69) is 19.9 Å². The maximum Gasteiger partial charge on any atom is 0.276 e. The number of rotatable bonds is 3. The highest BCUT2D eigenvalue weighted by Crippen LogP contribution is 2.26. The van der Waals surface area contributed by atoms with E-state index in [1.807, 2.05) is 4.90 Å². The second-order valence-corrected chi connectivity index (χ2v) is 6.89. The molecular formula is C11H18N8O2S. The number of piperidine rings is 1. The Labute approximate surface area is 127 Å². The topological polar surface area (TPSA) is 147 Å². The molecule has 1 aliphatic rings. The van der Waals surface area contributed by atoms with Gasteiger partial charge < -0.3 is 15.6 Å². The van der Waals surface area contributed by atoms with Gasteiger partial charge in [-0.15, -0.1) is 0 Å². The van der Waals surface area contributed by atoms with Gasteiger partial charge in [-0.05, 0) is 12.8 Å². The van der Waals surface area contributed by atoms with Crippen LogP contribution in [0.3, 0.4) is 0 Å². The fourth-order valence-electron chi connectivity index (χ4n) is 2.71. The van der Waals surface area contributed by atoms with E-state index >= 15 is 0 Å². The van der Waals surface area contributed by atoms with E-state index in [0.29, 0.717) is 37.4 Å². The summed E-state index contributed by atoms with van der Waals surface area (Å²) in [7, 11) is -2.16. The average molecular weight is 326 g/mol. The van der Waals surface area contributed by atoms with Crippen LogP contribution < -0.4 is 15.8 Å². The Morgan fingerprint density at radius 1 is 1.36 bits per heavy atom. The van der Waals surface area contributed by atoms with Crippen molar-refractivity contribution < 1.29 is 8.42 Å². The van der Waals surface area contributed by atoms with E-state index < -0.39 is 10.2 Å². The van der Waals surface area contributed by atoms with E-state index in [9.17, 15) is 8.42 Å². The highest BCUT2D eigenvalue weighted by atomic mass is 32.2. The first-order valence-electron chi connectivity index (χ1n) is 6.83. The van der Waals surface area contributed by atoms with Gasteiger partial charge in [0, 0.05) is 26.2 Å². The van der Waals surface area contributed by atoms with Crippen LogP contribution >= 0.6 is 0 Å². The van der Waals surface area contributed by atoms with Crippen molar-refractivity contribution in [2.75, 3.05) is 30.8 Å². The fraction of sp³-hybridized carbons (Fsp3) is 0.545. The molecule has 0 amide bonds. The number of imidazole rings is 1. The molecule has 0 radical (unpaired) electrons. The van der Waals surface area contributed by atoms with Crippen LogP contribution in [0.4, 0.5) is 11.8 Å². The van der Waals surface area contributed by atoms with E-state index in [1.165, 1.54) is 11.4 Å². The average Bonchev–Trinajstić information content (AvgIpc) is 2.93. The third kappa shape index (κ3) is 2.69. The molecule has 1 saturated heterocycles. The Morgan fingerprint density at radius 3 is 2.68 bits per heavy atom. The maximum absolute atomic E-state index is 11.4. The van der Waals surface area contributed by atoms with Crippen molar-refractivity contribution in [3.63, 3.8) is 0 Å². The van der Waals surface area contributed by atoms with Gasteiger partial charge in [0.2, 0.25) is 5.95 Å². The van der Waals surface area contributed by atoms with Crippen molar-refractivity contribution >= 4 is 33.1 Å². The van der Waals surface area contributed by atoms with Crippen molar-refractivity contribution in [2.45, 2.75) is 18.9 Å². The van der Waals surface area contributed by atoms with Gasteiger partial charge in [-0.25, -0.2) is 10.1 Å². The Hall–Kier alpha value is -1.98. The zero-order chi connectivity index (χ0) is 15.9. The summed E-state index contributed by atoms with van der Waals surface area (Å²) in [5, 5.41) is 5.17. The number of nitrogens with one attached hydrogen (secondary N) is 1. The normalized spacial score (nSPS) is 17.5. The van der Waals surface area contributed by atoms with E-state index in [0.717, 1.165) is 5.52 Å². The van der Waals surface area contributed by atoms with Gasteiger partial charge in [0.25, 0.3) is 10.2 Å². The van der Waals surface area contributed by atoms with E-state index in [4.69, 9.17) is 10.9 Å². The number of aromatic amines is 1. The number of hydrogen-bond acceptors (Lipinski definition) is 7. The summed E-state index contributed by atoms with van der Waals surface area (Å²) in [5.41, 5.74) is 6.97. The molecule has 5 N–H and O–H groups in total. The lowest BCUT2D eigenvalue weighted by molar-refractivity contribution is 0.312. The van der Waals surface area contributed by atoms with E-state index in [-0.39, 0.29) is 12.0 Å². The van der Waals surface area contributed by atoms with Crippen LogP contribution in [0.1, 0.15) is 12.8 Å². The van der Waals surface area contributed by atoms with Crippen LogP contribution in [-0.2, 0) is 10.2 Å². The van der Waals surface area contributed by atoms with Crippen molar-refractivity contribution in [2.24, 2.45) is 5.14 Å². The Morgan fingerprint density at radius 2 is 2.05 bits per heavy atom. The Bertz CT molecular complexity index is 780. The molecular weight excluding hydrogens is 308 g/mol. The Balaban J connectivity index is 1.80. The highest BCUT2D eigenvalue weighted by molar-refractivity contribution is 7.86. The molecule has 120 valence electrons. The van der Waals surface area contributed by atoms with Crippen molar-refractivity contribution in [1.29, 1.82) is 0 Å². The first-order chi connectivity index (χ1) is 10.4. The molecule has 3 heterocycles. The number of nitrogen functional groups attached to an aromatic ring is 1. The minimum absolute atomic E-state index is 0.109. The lowest BCUT2D eigenvalue weighted by Gasteiger charge is -2.36. The maximum atomic E-state index is 11.4. The summed E-state index contributed by atoms with van der Waals surface area (Å²) < 4.78 is 24.0. The SMILES string of the molecule is CN(C1CCN(c2nc(N)nc3nc[nH]c23)CC1)S(N)(=O)=O. The van der Waals surface area contributed by atoms with Crippen molar-refractivity contribution in [3.8, 4) is 0 Å². The van der Waals surface area contributed by atoms with E-state index in [1.54, 1.807) is 6.33 Å². The highest BCUT2D eigenvalue weighted by Gasteiger charge is 2.29. The zero-order valence-corrected chi connectivity index (χ0v) is 12.9. The molecule has 0 spiro atoms. The monoisotopic (exact) mass is 326 g/mol. The smallest absolute Gasteiger partial charge is 0.276 e. The molecule has 0 saturated carbocycles. The summed E-state index contributed by atoms with van der Waals surface area (Å²) in [6.07, 6.45) is 2.86. The van der Waals surface area contributed by atoms with Crippen LogP contribution in [0.15, 0.2) is 6.33 Å². The largest absolute Gasteiger partial charge is 0.368 e. The third-order valence-corrected chi connectivity index (χ3v) is 5.06. The number of nitrogens with zero attached hydrogens (tertiary/aromatic N) is 5. The Kier molecular flexibility index (Phi) is 3.62. The first-order valence-corrected chi connectivity index (χ1v) is 8.34. The first kappa shape index (κ1) is 14.9. The molecule has 1 fully saturated rings. The molecule has 0 bridgehead atoms. The van der Waals surface area contributed by atoms with Crippen molar-refractivity contribution in [3.05, 3.63) is 6.33 Å². The summed E-state index contributed by atoms with van der Waals surface area (Å²) in [6.45, 7) is 1.30. The second-order valence-electron chi connectivity index (χ2n) is 5.29. The number of nitrogens with two attached hydrogens (primary N) is 2. The van der Waals surface area contributed by atoms with Crippen molar-refractivity contribution in [1.82, 2.24) is 24.2 Å². The quantitative estimate of drug-likeness (QED) is 0.658. The molecule has 0 atom stereocenters. The third-order valence-electron chi connectivity index (χ3n) is 3.96. The molecule has 0 unspecified atom stereocenters. The lowest BCUT2D eigenvalue weighted by atomic mass is 10.1. The number of aromatic nitrogens is 4. The van der Waals surface area contributed by atoms with Gasteiger partial charge in [-0.1, -0.05) is 0 Å². The van der Waals surface area contributed by atoms with Gasteiger partial charge in [-0.3, -0.25) is 0 Å². The molecule has 1 aliphatic heterocycles. The molecule has 22 heavy (non-hydrogen) atoms. The second kappa shape index (κ2) is 5.34. The van der Waals surface area contributed by atoms with Crippen LogP contribution in [0.5, 0.6) is 0 Å². The molecule has 10 nitrogen and oxygen atoms in total. The summed E-state index contributed by atoms with van der Waals surface area (Å²) >= 11 is 0. The van der Waals surface area contributed by atoms with Gasteiger partial charge in [0.1, 0.15) is 5.52 Å². The van der Waals surface area contributed by atoms with Crippen LogP contribution in [-0.4, -0.2) is 58.8 Å². The molecule has 0 aliphatic carbocycles. The molecule has 11 heteroatoms. The van der Waals surface area contributed by atoms with Gasteiger partial charge in [0.15, 0.2) is 11.5 Å². The summed E-state index contributed by atoms with van der Waals surface area (Å²) in [6, 6.07) is -0.109. The van der Waals surface area contributed by atoms with Crippen LogP contribution in [0.2, 0.25) is 0 Å². The number of fused-ring (bicyclic) bond motifs is 1. The number of H-pyrrole nitrogens is 1. The molecule has 2 aromatic rings. The predicted molar refractivity (Wildman–Crippen MR) is 82.2 cm³/mol. The minimum Gasteiger partial charge on any atom is -0.368 e. The lowest BCUT2D eigenvalue weighted by Crippen LogP contribution is -2.47. The fourth-order valence-corrected chi connectivity index (χ4v) is 3.34. The minimum atomic E-state index is -3.66. The van der Waals surface area contributed by atoms with Crippen LogP contribution in [0.25, 0.3) is 11.2 Å². The van der Waals surface area contributed by atoms with Gasteiger partial charge in [0.05, 0.1) is 6.33 Å². The number of hydrogen-bond donors (Lipinski definition) is 3. The molecule has 2 aromatic heterocycles. The summed E-state index contributed by atoms with van der Waals surface area (Å²) in [4.78, 5) is 17.5. The molecule has 3 rings (SSSR count). The molecule has 0 aromatic carbocycles. The summed E-state index contributed by atoms with van der Waals surface area (Å²) in [5.74, 6) is 0.857. The van der Waals surface area contributed by atoms with Crippen LogP contribution in [0, 0.1) is 0 Å². The van der Waals surface area contributed by atoms with Gasteiger partial charge >= 0.3 is 0 Å². The standard InChI is InChI=1S/C11H18N8O2S/c1-18(22(13,20)21)7-2-4-19(5-3-7)10-8-9(15-6-14-8)16-11(12)17-10/h6-7H,2-5H2,1H3,(H2,13,20,21)(H3,12,14,15,16,17).